The third-order valence-electron chi connectivity index (χ3n) is 5.10. The molecule has 5 nitrogen and oxygen atoms in total. The number of carbonyl (C=O) groups is 1. The van der Waals surface area contributed by atoms with Crippen LogP contribution in [0.5, 0.6) is 0 Å². The topological polar surface area (TPSA) is 74.0 Å². The molecule has 1 aromatic rings. The van der Waals surface area contributed by atoms with E-state index >= 15 is 0 Å². The average Bonchev–Trinajstić information content (AvgIpc) is 3.54. The zero-order chi connectivity index (χ0) is 18.0. The van der Waals surface area contributed by atoms with Crippen molar-refractivity contribution in [3.63, 3.8) is 0 Å². The SMILES string of the molecule is C=C(/C=C(\N=N/C)C1CC1)[C@H]1C[C@@]1(c1ccccc1)C(F)C(=O)NO. The van der Waals surface area contributed by atoms with E-state index in [2.05, 4.69) is 16.8 Å². The first kappa shape index (κ1) is 17.5. The Morgan fingerprint density at radius 1 is 1.44 bits per heavy atom. The number of hydroxylamine groups is 1. The van der Waals surface area contributed by atoms with Crippen LogP contribution in [0.15, 0.2) is 64.5 Å². The van der Waals surface area contributed by atoms with Crippen LogP contribution < -0.4 is 5.48 Å². The first-order chi connectivity index (χ1) is 12.0. The van der Waals surface area contributed by atoms with Gasteiger partial charge in [0.05, 0.1) is 5.70 Å². The number of nitrogens with zero attached hydrogens (tertiary/aromatic N) is 2. The Balaban J connectivity index is 1.90. The fourth-order valence-corrected chi connectivity index (χ4v) is 3.54. The lowest BCUT2D eigenvalue weighted by Gasteiger charge is -2.21. The molecule has 0 saturated heterocycles. The predicted molar refractivity (Wildman–Crippen MR) is 91.8 cm³/mol. The predicted octanol–water partition coefficient (Wildman–Crippen LogP) is 3.72. The molecule has 1 aromatic carbocycles. The summed E-state index contributed by atoms with van der Waals surface area (Å²) in [7, 11) is 1.62. The molecule has 0 aromatic heterocycles. The molecular formula is C19H22FN3O2. The molecule has 2 fully saturated rings. The molecule has 2 aliphatic carbocycles. The van der Waals surface area contributed by atoms with E-state index in [1.165, 1.54) is 5.48 Å². The smallest absolute Gasteiger partial charge is 0.278 e. The Kier molecular flexibility index (Phi) is 4.81. The highest BCUT2D eigenvalue weighted by Gasteiger charge is 2.63. The van der Waals surface area contributed by atoms with Crippen LogP contribution in [0.2, 0.25) is 0 Å². The molecule has 0 spiro atoms. The van der Waals surface area contributed by atoms with Crippen molar-refractivity contribution in [2.24, 2.45) is 22.1 Å². The summed E-state index contributed by atoms with van der Waals surface area (Å²) in [5, 5.41) is 16.9. The quantitative estimate of drug-likeness (QED) is 0.343. The first-order valence-corrected chi connectivity index (χ1v) is 8.38. The number of amides is 1. The standard InChI is InChI=1S/C19H22FN3O2/c1-12(10-16(22-21-2)13-8-9-13)15-11-19(15,17(20)18(24)23-25)14-6-4-3-5-7-14/h3-7,10,13,15,17,25H,1,8-9,11H2,2H3,(H,23,24)/b16-10-,22-21-/t15-,17?,19+/m1/s1. The fourth-order valence-electron chi connectivity index (χ4n) is 3.54. The summed E-state index contributed by atoms with van der Waals surface area (Å²) < 4.78 is 14.9. The van der Waals surface area contributed by atoms with E-state index < -0.39 is 17.5 Å². The number of alkyl halides is 1. The Hall–Kier alpha value is -2.34. The molecule has 3 atom stereocenters. The maximum atomic E-state index is 14.9. The number of azo groups is 1. The van der Waals surface area contributed by atoms with E-state index in [0.29, 0.717) is 12.3 Å². The minimum Gasteiger partial charge on any atom is -0.289 e. The zero-order valence-corrected chi connectivity index (χ0v) is 14.2. The van der Waals surface area contributed by atoms with Crippen molar-refractivity contribution in [3.8, 4) is 0 Å². The Morgan fingerprint density at radius 2 is 2.12 bits per heavy atom. The maximum Gasteiger partial charge on any atom is 0.278 e. The summed E-state index contributed by atoms with van der Waals surface area (Å²) in [6, 6.07) is 9.09. The number of rotatable bonds is 7. The van der Waals surface area contributed by atoms with Gasteiger partial charge in [0, 0.05) is 18.4 Å². The number of benzene rings is 1. The highest BCUT2D eigenvalue weighted by molar-refractivity contribution is 5.83. The van der Waals surface area contributed by atoms with Gasteiger partial charge < -0.3 is 0 Å². The number of hydrogen-bond acceptors (Lipinski definition) is 4. The van der Waals surface area contributed by atoms with E-state index in [1.54, 1.807) is 7.05 Å². The van der Waals surface area contributed by atoms with E-state index in [9.17, 15) is 9.18 Å². The monoisotopic (exact) mass is 343 g/mol. The molecular weight excluding hydrogens is 321 g/mol. The summed E-state index contributed by atoms with van der Waals surface area (Å²) in [6.07, 6.45) is 2.63. The Labute approximate surface area is 146 Å². The van der Waals surface area contributed by atoms with Crippen LogP contribution in [0.25, 0.3) is 0 Å². The summed E-state index contributed by atoms with van der Waals surface area (Å²) in [5.41, 5.74) is 2.78. The van der Waals surface area contributed by atoms with Crippen LogP contribution >= 0.6 is 0 Å². The van der Waals surface area contributed by atoms with E-state index in [-0.39, 0.29) is 5.92 Å². The molecule has 2 aliphatic rings. The molecule has 25 heavy (non-hydrogen) atoms. The summed E-state index contributed by atoms with van der Waals surface area (Å²) in [4.78, 5) is 11.8. The minimum absolute atomic E-state index is 0.219. The lowest BCUT2D eigenvalue weighted by molar-refractivity contribution is -0.135. The van der Waals surface area contributed by atoms with Crippen LogP contribution in [0, 0.1) is 11.8 Å². The van der Waals surface area contributed by atoms with E-state index in [1.807, 2.05) is 36.4 Å². The highest BCUT2D eigenvalue weighted by atomic mass is 19.1. The second-order valence-corrected chi connectivity index (χ2v) is 6.72. The van der Waals surface area contributed by atoms with Crippen LogP contribution in [0.1, 0.15) is 24.8 Å². The number of carbonyl (C=O) groups excluding carboxylic acids is 1. The van der Waals surface area contributed by atoms with Gasteiger partial charge in [-0.1, -0.05) is 36.9 Å². The Morgan fingerprint density at radius 3 is 2.68 bits per heavy atom. The van der Waals surface area contributed by atoms with Gasteiger partial charge in [-0.15, -0.1) is 0 Å². The van der Waals surface area contributed by atoms with Gasteiger partial charge in [-0.3, -0.25) is 10.0 Å². The lowest BCUT2D eigenvalue weighted by Crippen LogP contribution is -2.39. The van der Waals surface area contributed by atoms with Gasteiger partial charge >= 0.3 is 0 Å². The number of hydrogen-bond donors (Lipinski definition) is 2. The molecule has 132 valence electrons. The third kappa shape index (κ3) is 3.26. The number of nitrogens with one attached hydrogen (secondary N) is 1. The molecule has 1 amide bonds. The Bertz CT molecular complexity index is 727. The van der Waals surface area contributed by atoms with Crippen LogP contribution in [0.3, 0.4) is 0 Å². The maximum absolute atomic E-state index is 14.9. The van der Waals surface area contributed by atoms with Crippen molar-refractivity contribution in [1.82, 2.24) is 5.48 Å². The molecule has 0 heterocycles. The van der Waals surface area contributed by atoms with Gasteiger partial charge in [0.15, 0.2) is 6.17 Å². The fraction of sp³-hybridized carbons (Fsp3) is 0.421. The van der Waals surface area contributed by atoms with Gasteiger partial charge in [-0.25, -0.2) is 9.87 Å². The van der Waals surface area contributed by atoms with Crippen LogP contribution in [-0.4, -0.2) is 24.3 Å². The number of allylic oxidation sites excluding steroid dienone is 3. The van der Waals surface area contributed by atoms with Crippen molar-refractivity contribution in [2.75, 3.05) is 7.05 Å². The van der Waals surface area contributed by atoms with Crippen molar-refractivity contribution >= 4 is 5.91 Å². The van der Waals surface area contributed by atoms with Crippen LogP contribution in [0.4, 0.5) is 4.39 Å². The molecule has 6 heteroatoms. The molecule has 0 bridgehead atoms. The summed E-state index contributed by atoms with van der Waals surface area (Å²) in [5.74, 6) is -0.853. The summed E-state index contributed by atoms with van der Waals surface area (Å²) >= 11 is 0. The molecule has 3 rings (SSSR count). The second kappa shape index (κ2) is 6.88. The average molecular weight is 343 g/mol. The van der Waals surface area contributed by atoms with Crippen molar-refractivity contribution < 1.29 is 14.4 Å². The van der Waals surface area contributed by atoms with Gasteiger partial charge in [0.2, 0.25) is 0 Å². The lowest BCUT2D eigenvalue weighted by atomic mass is 9.86. The normalized spacial score (nSPS) is 27.2. The second-order valence-electron chi connectivity index (χ2n) is 6.72. The largest absolute Gasteiger partial charge is 0.289 e. The molecule has 0 aliphatic heterocycles. The van der Waals surface area contributed by atoms with Gasteiger partial charge in [-0.2, -0.15) is 10.2 Å². The molecule has 0 radical (unpaired) electrons. The van der Waals surface area contributed by atoms with Crippen molar-refractivity contribution in [1.29, 1.82) is 0 Å². The van der Waals surface area contributed by atoms with Gasteiger partial charge in [0.1, 0.15) is 0 Å². The van der Waals surface area contributed by atoms with E-state index in [0.717, 1.165) is 29.7 Å². The molecule has 2 N–H and O–H groups in total. The minimum atomic E-state index is -1.85. The van der Waals surface area contributed by atoms with Gasteiger partial charge in [-0.05, 0) is 42.4 Å². The number of halogens is 1. The van der Waals surface area contributed by atoms with Crippen molar-refractivity contribution in [3.05, 3.63) is 59.8 Å². The van der Waals surface area contributed by atoms with Crippen LogP contribution in [-0.2, 0) is 10.2 Å². The highest BCUT2D eigenvalue weighted by Crippen LogP contribution is 2.61. The zero-order valence-electron chi connectivity index (χ0n) is 14.2. The van der Waals surface area contributed by atoms with E-state index in [4.69, 9.17) is 5.21 Å². The van der Waals surface area contributed by atoms with Crippen molar-refractivity contribution in [2.45, 2.75) is 30.8 Å². The molecule has 2 saturated carbocycles. The first-order valence-electron chi connectivity index (χ1n) is 8.38. The molecule has 1 unspecified atom stereocenters. The van der Waals surface area contributed by atoms with Gasteiger partial charge in [0.25, 0.3) is 5.91 Å². The summed E-state index contributed by atoms with van der Waals surface area (Å²) in [6.45, 7) is 4.10. The third-order valence-corrected chi connectivity index (χ3v) is 5.10.